The van der Waals surface area contributed by atoms with Crippen molar-refractivity contribution in [3.05, 3.63) is 78.2 Å². The summed E-state index contributed by atoms with van der Waals surface area (Å²) in [6.45, 7) is 1.97. The van der Waals surface area contributed by atoms with Gasteiger partial charge in [0.1, 0.15) is 11.3 Å². The third kappa shape index (κ3) is 5.79. The van der Waals surface area contributed by atoms with E-state index in [-0.39, 0.29) is 12.1 Å². The summed E-state index contributed by atoms with van der Waals surface area (Å²) in [4.78, 5) is 25.5. The number of nitrogens with one attached hydrogen (secondary N) is 2. The molecule has 1 unspecified atom stereocenters. The lowest BCUT2D eigenvalue weighted by Crippen LogP contribution is -2.36. The fraction of sp³-hybridized carbons (Fsp3) is 0.200. The molecule has 0 radical (unpaired) electrons. The Morgan fingerprint density at radius 3 is 2.70 bits per heavy atom. The molecule has 0 aliphatic carbocycles. The predicted octanol–water partition coefficient (Wildman–Crippen LogP) is 5.07. The predicted molar refractivity (Wildman–Crippen MR) is 125 cm³/mol. The number of urea groups is 1. The molecule has 0 aliphatic heterocycles. The number of amides is 2. The number of anilines is 1. The summed E-state index contributed by atoms with van der Waals surface area (Å²) in [6, 6.07) is 17.2. The van der Waals surface area contributed by atoms with Gasteiger partial charge in [-0.05, 0) is 62.1 Å². The molecule has 2 aromatic heterocycles. The third-order valence-electron chi connectivity index (χ3n) is 5.21. The smallest absolute Gasteiger partial charge is 0.320 e. The number of carbonyl (C=O) groups excluding carboxylic acids is 1. The molecule has 0 fully saturated rings. The van der Waals surface area contributed by atoms with Gasteiger partial charge in [0.05, 0.1) is 11.9 Å². The van der Waals surface area contributed by atoms with E-state index < -0.39 is 11.6 Å². The molecule has 2 aromatic carbocycles. The largest absolute Gasteiger partial charge is 0.505 e. The van der Waals surface area contributed by atoms with Crippen molar-refractivity contribution in [3.63, 3.8) is 0 Å². The Hall–Kier alpha value is -4.07. The van der Waals surface area contributed by atoms with Crippen LogP contribution in [0.4, 0.5) is 15.0 Å². The minimum atomic E-state index is -0.743. The second-order valence-electron chi connectivity index (χ2n) is 7.84. The van der Waals surface area contributed by atoms with Gasteiger partial charge in [-0.1, -0.05) is 30.3 Å². The number of nitrogens with zero attached hydrogens (tertiary/aromatic N) is 3. The molecule has 0 saturated carbocycles. The van der Waals surface area contributed by atoms with Crippen LogP contribution in [0.25, 0.3) is 22.4 Å². The molecule has 168 valence electrons. The molecule has 8 heteroatoms. The van der Waals surface area contributed by atoms with Crippen LogP contribution in [0, 0.1) is 5.82 Å². The summed E-state index contributed by atoms with van der Waals surface area (Å²) in [6.07, 6.45) is 4.29. The van der Waals surface area contributed by atoms with E-state index in [0.29, 0.717) is 28.2 Å². The first-order valence-corrected chi connectivity index (χ1v) is 10.7. The standard InChI is InChI=1S/C25H24FN5O2/c1-16(6-5-9-17-7-3-2-4-8-17)28-25(33)31-23-13-11-20-24(30-23)29-21(15-27-20)18-10-12-22(32)19(26)14-18/h2-4,7-8,10-16,32H,5-6,9H2,1H3,(H2,28,29,30,31,33). The minimum absolute atomic E-state index is 0.00459. The first-order chi connectivity index (χ1) is 16.0. The van der Waals surface area contributed by atoms with Crippen LogP contribution in [0.5, 0.6) is 5.75 Å². The lowest BCUT2D eigenvalue weighted by molar-refractivity contribution is 0.248. The van der Waals surface area contributed by atoms with Crippen molar-refractivity contribution in [2.45, 2.75) is 32.2 Å². The third-order valence-corrected chi connectivity index (χ3v) is 5.21. The molecule has 7 nitrogen and oxygen atoms in total. The molecule has 2 amide bonds. The lowest BCUT2D eigenvalue weighted by Gasteiger charge is -2.14. The lowest BCUT2D eigenvalue weighted by atomic mass is 10.1. The van der Waals surface area contributed by atoms with Gasteiger partial charge in [-0.15, -0.1) is 0 Å². The molecule has 33 heavy (non-hydrogen) atoms. The van der Waals surface area contributed by atoms with Gasteiger partial charge < -0.3 is 10.4 Å². The van der Waals surface area contributed by atoms with Gasteiger partial charge in [0.25, 0.3) is 0 Å². The maximum absolute atomic E-state index is 13.7. The van der Waals surface area contributed by atoms with Crippen molar-refractivity contribution in [1.29, 1.82) is 0 Å². The zero-order valence-electron chi connectivity index (χ0n) is 18.1. The normalized spacial score (nSPS) is 11.8. The van der Waals surface area contributed by atoms with Gasteiger partial charge in [-0.3, -0.25) is 10.3 Å². The quantitative estimate of drug-likeness (QED) is 0.369. The van der Waals surface area contributed by atoms with Crippen LogP contribution in [0.15, 0.2) is 66.9 Å². The SMILES string of the molecule is CC(CCCc1ccccc1)NC(=O)Nc1ccc2ncc(-c3ccc(O)c(F)c3)nc2n1. The van der Waals surface area contributed by atoms with Gasteiger partial charge in [-0.25, -0.2) is 19.2 Å². The van der Waals surface area contributed by atoms with E-state index in [1.165, 1.54) is 23.9 Å². The van der Waals surface area contributed by atoms with Crippen LogP contribution in [0.1, 0.15) is 25.3 Å². The highest BCUT2D eigenvalue weighted by atomic mass is 19.1. The number of aromatic hydroxyl groups is 1. The summed E-state index contributed by atoms with van der Waals surface area (Å²) in [7, 11) is 0. The van der Waals surface area contributed by atoms with Gasteiger partial charge in [0.2, 0.25) is 0 Å². The number of phenols is 1. The van der Waals surface area contributed by atoms with Crippen LogP contribution >= 0.6 is 0 Å². The highest BCUT2D eigenvalue weighted by Gasteiger charge is 2.11. The van der Waals surface area contributed by atoms with Crippen LogP contribution in [-0.2, 0) is 6.42 Å². The van der Waals surface area contributed by atoms with E-state index in [4.69, 9.17) is 0 Å². The Morgan fingerprint density at radius 1 is 1.09 bits per heavy atom. The van der Waals surface area contributed by atoms with E-state index >= 15 is 0 Å². The first-order valence-electron chi connectivity index (χ1n) is 10.7. The number of pyridine rings is 1. The number of aryl methyl sites for hydroxylation is 1. The molecule has 4 aromatic rings. The van der Waals surface area contributed by atoms with Crippen LogP contribution in [0.2, 0.25) is 0 Å². The number of halogens is 1. The zero-order chi connectivity index (χ0) is 23.2. The molecule has 0 aliphatic rings. The van der Waals surface area contributed by atoms with Crippen molar-refractivity contribution >= 4 is 23.0 Å². The molecule has 3 N–H and O–H groups in total. The van der Waals surface area contributed by atoms with Gasteiger partial charge in [0, 0.05) is 11.6 Å². The topological polar surface area (TPSA) is 100 Å². The molecule has 1 atom stereocenters. The molecule has 0 spiro atoms. The number of aromatic nitrogens is 3. The number of hydrogen-bond acceptors (Lipinski definition) is 5. The Bertz CT molecular complexity index is 1270. The fourth-order valence-electron chi connectivity index (χ4n) is 3.48. The van der Waals surface area contributed by atoms with E-state index in [2.05, 4.69) is 37.7 Å². The zero-order valence-corrected chi connectivity index (χ0v) is 18.1. The monoisotopic (exact) mass is 445 g/mol. The number of fused-ring (bicyclic) bond motifs is 1. The molecule has 0 bridgehead atoms. The van der Waals surface area contributed by atoms with E-state index in [9.17, 15) is 14.3 Å². The number of phenolic OH excluding ortho intramolecular Hbond substituents is 1. The van der Waals surface area contributed by atoms with Gasteiger partial charge in [0.15, 0.2) is 17.2 Å². The van der Waals surface area contributed by atoms with Crippen LogP contribution in [-0.4, -0.2) is 32.1 Å². The van der Waals surface area contributed by atoms with E-state index in [1.807, 2.05) is 25.1 Å². The Kier molecular flexibility index (Phi) is 6.73. The second-order valence-corrected chi connectivity index (χ2v) is 7.84. The summed E-state index contributed by atoms with van der Waals surface area (Å²) < 4.78 is 13.7. The van der Waals surface area contributed by atoms with Crippen molar-refractivity contribution in [3.8, 4) is 17.0 Å². The molecular weight excluding hydrogens is 421 g/mol. The Balaban J connectivity index is 1.37. The van der Waals surface area contributed by atoms with Crippen molar-refractivity contribution in [2.75, 3.05) is 5.32 Å². The average molecular weight is 445 g/mol. The summed E-state index contributed by atoms with van der Waals surface area (Å²) >= 11 is 0. The minimum Gasteiger partial charge on any atom is -0.505 e. The summed E-state index contributed by atoms with van der Waals surface area (Å²) in [5, 5.41) is 15.0. The van der Waals surface area contributed by atoms with Gasteiger partial charge >= 0.3 is 6.03 Å². The number of carbonyl (C=O) groups is 1. The van der Waals surface area contributed by atoms with Crippen molar-refractivity contribution in [2.24, 2.45) is 0 Å². The van der Waals surface area contributed by atoms with Gasteiger partial charge in [-0.2, -0.15) is 0 Å². The van der Waals surface area contributed by atoms with Crippen LogP contribution < -0.4 is 10.6 Å². The molecular formula is C25H24FN5O2. The molecule has 0 saturated heterocycles. The van der Waals surface area contributed by atoms with Crippen molar-refractivity contribution in [1.82, 2.24) is 20.3 Å². The fourth-order valence-corrected chi connectivity index (χ4v) is 3.48. The number of hydrogen-bond donors (Lipinski definition) is 3. The number of rotatable bonds is 7. The maximum atomic E-state index is 13.7. The molecule has 2 heterocycles. The second kappa shape index (κ2) is 10.0. The Morgan fingerprint density at radius 2 is 1.91 bits per heavy atom. The van der Waals surface area contributed by atoms with E-state index in [0.717, 1.165) is 19.3 Å². The van der Waals surface area contributed by atoms with E-state index in [1.54, 1.807) is 18.2 Å². The maximum Gasteiger partial charge on any atom is 0.320 e. The summed E-state index contributed by atoms with van der Waals surface area (Å²) in [5.41, 5.74) is 3.00. The average Bonchev–Trinajstić information content (AvgIpc) is 2.81. The summed E-state index contributed by atoms with van der Waals surface area (Å²) in [5.74, 6) is -0.843. The van der Waals surface area contributed by atoms with Crippen molar-refractivity contribution < 1.29 is 14.3 Å². The highest BCUT2D eigenvalue weighted by molar-refractivity contribution is 5.89. The number of benzene rings is 2. The molecule has 4 rings (SSSR count). The first kappa shape index (κ1) is 22.1. The highest BCUT2D eigenvalue weighted by Crippen LogP contribution is 2.24. The Labute approximate surface area is 190 Å². The van der Waals surface area contributed by atoms with Crippen LogP contribution in [0.3, 0.4) is 0 Å².